The van der Waals surface area contributed by atoms with E-state index in [-0.39, 0.29) is 5.91 Å². The maximum absolute atomic E-state index is 12.0. The summed E-state index contributed by atoms with van der Waals surface area (Å²) >= 11 is 1.39. The Hall–Kier alpha value is -1.10. The van der Waals surface area contributed by atoms with Crippen LogP contribution in [0, 0.1) is 11.3 Å². The van der Waals surface area contributed by atoms with E-state index in [1.54, 1.807) is 18.5 Å². The van der Waals surface area contributed by atoms with Crippen LogP contribution in [0.25, 0.3) is 0 Å². The Kier molecular flexibility index (Phi) is 6.24. The maximum atomic E-state index is 12.0. The number of amides is 1. The van der Waals surface area contributed by atoms with Crippen LogP contribution in [0.3, 0.4) is 0 Å². The minimum atomic E-state index is 0.0932. The van der Waals surface area contributed by atoms with Crippen LogP contribution >= 0.6 is 11.8 Å². The molecule has 1 aliphatic carbocycles. The van der Waals surface area contributed by atoms with Gasteiger partial charge in [0.1, 0.15) is 0 Å². The van der Waals surface area contributed by atoms with E-state index in [1.807, 2.05) is 0 Å². The van der Waals surface area contributed by atoms with Crippen molar-refractivity contribution in [2.75, 3.05) is 5.75 Å². The van der Waals surface area contributed by atoms with Crippen molar-refractivity contribution in [3.8, 4) is 0 Å². The fourth-order valence-electron chi connectivity index (χ4n) is 3.07. The Labute approximate surface area is 137 Å². The summed E-state index contributed by atoms with van der Waals surface area (Å²) < 4.78 is 0. The van der Waals surface area contributed by atoms with E-state index in [2.05, 4.69) is 36.1 Å². The molecule has 0 radical (unpaired) electrons. The molecule has 2 rings (SSSR count). The highest BCUT2D eigenvalue weighted by Crippen LogP contribution is 2.40. The van der Waals surface area contributed by atoms with Crippen molar-refractivity contribution in [3.63, 3.8) is 0 Å². The maximum Gasteiger partial charge on any atom is 0.230 e. The smallest absolute Gasteiger partial charge is 0.230 e. The van der Waals surface area contributed by atoms with Crippen molar-refractivity contribution < 1.29 is 4.79 Å². The molecule has 4 nitrogen and oxygen atoms in total. The summed E-state index contributed by atoms with van der Waals surface area (Å²) in [5, 5.41) is 3.82. The van der Waals surface area contributed by atoms with Gasteiger partial charge in [-0.25, -0.2) is 9.97 Å². The second kappa shape index (κ2) is 7.95. The molecule has 0 atom stereocenters. The van der Waals surface area contributed by atoms with E-state index in [4.69, 9.17) is 0 Å². The van der Waals surface area contributed by atoms with Crippen LogP contribution in [0.15, 0.2) is 23.6 Å². The van der Waals surface area contributed by atoms with Crippen LogP contribution in [-0.2, 0) is 4.79 Å². The molecule has 1 saturated carbocycles. The molecule has 122 valence electrons. The molecule has 1 aromatic heterocycles. The number of hydrogen-bond acceptors (Lipinski definition) is 4. The Balaban J connectivity index is 1.71. The molecule has 1 amide bonds. The Morgan fingerprint density at radius 3 is 2.50 bits per heavy atom. The predicted molar refractivity (Wildman–Crippen MR) is 90.7 cm³/mol. The monoisotopic (exact) mass is 321 g/mol. The van der Waals surface area contributed by atoms with Crippen LogP contribution < -0.4 is 5.32 Å². The largest absolute Gasteiger partial charge is 0.353 e. The molecule has 0 bridgehead atoms. The number of hydrogen-bond donors (Lipinski definition) is 1. The van der Waals surface area contributed by atoms with Gasteiger partial charge < -0.3 is 5.32 Å². The zero-order valence-corrected chi connectivity index (χ0v) is 14.7. The molecule has 1 aliphatic rings. The minimum Gasteiger partial charge on any atom is -0.353 e. The van der Waals surface area contributed by atoms with E-state index < -0.39 is 0 Å². The number of carbonyl (C=O) groups is 1. The first kappa shape index (κ1) is 17.3. The first-order valence-electron chi connectivity index (χ1n) is 8.20. The van der Waals surface area contributed by atoms with E-state index in [9.17, 15) is 4.79 Å². The van der Waals surface area contributed by atoms with Crippen molar-refractivity contribution in [2.45, 2.75) is 64.1 Å². The van der Waals surface area contributed by atoms with Crippen LogP contribution in [0.2, 0.25) is 0 Å². The van der Waals surface area contributed by atoms with Crippen molar-refractivity contribution in [1.82, 2.24) is 15.3 Å². The van der Waals surface area contributed by atoms with Crippen LogP contribution in [-0.4, -0.2) is 27.7 Å². The van der Waals surface area contributed by atoms with Crippen molar-refractivity contribution in [2.24, 2.45) is 11.3 Å². The number of nitrogens with zero attached hydrogens (tertiary/aromatic N) is 2. The summed E-state index contributed by atoms with van der Waals surface area (Å²) in [6, 6.07) is 2.12. The molecule has 5 heteroatoms. The van der Waals surface area contributed by atoms with Gasteiger partial charge >= 0.3 is 0 Å². The number of thioether (sulfide) groups is 1. The highest BCUT2D eigenvalue weighted by atomic mass is 32.2. The summed E-state index contributed by atoms with van der Waals surface area (Å²) in [5.74, 6) is 1.28. The summed E-state index contributed by atoms with van der Waals surface area (Å²) in [7, 11) is 0. The van der Waals surface area contributed by atoms with Gasteiger partial charge in [-0.2, -0.15) is 0 Å². The summed E-state index contributed by atoms with van der Waals surface area (Å²) in [6.07, 6.45) is 9.27. The molecular weight excluding hydrogens is 294 g/mol. The quantitative estimate of drug-likeness (QED) is 0.641. The topological polar surface area (TPSA) is 54.9 Å². The first-order valence-corrected chi connectivity index (χ1v) is 9.19. The average Bonchev–Trinajstić information content (AvgIpc) is 2.54. The molecule has 0 saturated heterocycles. The fraction of sp³-hybridized carbons (Fsp3) is 0.706. The summed E-state index contributed by atoms with van der Waals surface area (Å²) in [6.45, 7) is 7.01. The first-order chi connectivity index (χ1) is 10.5. The molecular formula is C17H27N3OS. The third-order valence-electron chi connectivity index (χ3n) is 4.98. The number of rotatable bonds is 6. The normalized spacial score (nSPS) is 22.3. The van der Waals surface area contributed by atoms with Crippen LogP contribution in [0.5, 0.6) is 0 Å². The van der Waals surface area contributed by atoms with Crippen LogP contribution in [0.1, 0.15) is 52.9 Å². The highest BCUT2D eigenvalue weighted by molar-refractivity contribution is 7.99. The predicted octanol–water partition coefficient (Wildman–Crippen LogP) is 3.68. The van der Waals surface area contributed by atoms with Gasteiger partial charge in [0.15, 0.2) is 5.16 Å². The Morgan fingerprint density at radius 2 is 1.91 bits per heavy atom. The van der Waals surface area contributed by atoms with Gasteiger partial charge in [0, 0.05) is 18.4 Å². The zero-order chi connectivity index (χ0) is 16.0. The SMILES string of the molecule is CCC(C)(C)C1CCC(NC(=O)CSc2ncccn2)CC1. The lowest BCUT2D eigenvalue weighted by molar-refractivity contribution is -0.119. The lowest BCUT2D eigenvalue weighted by atomic mass is 9.69. The molecule has 0 spiro atoms. The van der Waals surface area contributed by atoms with Crippen molar-refractivity contribution >= 4 is 17.7 Å². The number of aromatic nitrogens is 2. The van der Waals surface area contributed by atoms with E-state index in [0.29, 0.717) is 22.4 Å². The average molecular weight is 321 g/mol. The van der Waals surface area contributed by atoms with Crippen LogP contribution in [0.4, 0.5) is 0 Å². The molecule has 1 N–H and O–H groups in total. The lowest BCUT2D eigenvalue weighted by Gasteiger charge is -2.39. The number of carbonyl (C=O) groups excluding carboxylic acids is 1. The minimum absolute atomic E-state index is 0.0932. The molecule has 1 fully saturated rings. The third kappa shape index (κ3) is 4.97. The summed E-state index contributed by atoms with van der Waals surface area (Å²) in [5.41, 5.74) is 0.426. The Bertz CT molecular complexity index is 470. The standard InChI is InChI=1S/C17H27N3OS/c1-4-17(2,3)13-6-8-14(9-7-13)20-15(21)12-22-16-18-10-5-11-19-16/h5,10-11,13-14H,4,6-9,12H2,1-3H3,(H,20,21). The van der Waals surface area contributed by atoms with Crippen molar-refractivity contribution in [1.29, 1.82) is 0 Å². The second-order valence-corrected chi connectivity index (χ2v) is 7.72. The van der Waals surface area contributed by atoms with Gasteiger partial charge in [0.2, 0.25) is 5.91 Å². The fourth-order valence-corrected chi connectivity index (χ4v) is 3.68. The van der Waals surface area contributed by atoms with E-state index in [0.717, 1.165) is 18.8 Å². The van der Waals surface area contributed by atoms with Gasteiger partial charge in [-0.3, -0.25) is 4.79 Å². The molecule has 0 aromatic carbocycles. The highest BCUT2D eigenvalue weighted by Gasteiger charge is 2.32. The second-order valence-electron chi connectivity index (χ2n) is 6.78. The van der Waals surface area contributed by atoms with Gasteiger partial charge in [0.05, 0.1) is 5.75 Å². The lowest BCUT2D eigenvalue weighted by Crippen LogP contribution is -2.40. The Morgan fingerprint density at radius 1 is 1.27 bits per heavy atom. The molecule has 0 unspecified atom stereocenters. The van der Waals surface area contributed by atoms with Gasteiger partial charge in [-0.15, -0.1) is 0 Å². The molecule has 0 aliphatic heterocycles. The number of nitrogens with one attached hydrogen (secondary N) is 1. The van der Waals surface area contributed by atoms with Gasteiger partial charge in [-0.1, -0.05) is 39.0 Å². The van der Waals surface area contributed by atoms with Crippen molar-refractivity contribution in [3.05, 3.63) is 18.5 Å². The van der Waals surface area contributed by atoms with Gasteiger partial charge in [0.25, 0.3) is 0 Å². The molecule has 1 aromatic rings. The third-order valence-corrected chi connectivity index (χ3v) is 5.86. The van der Waals surface area contributed by atoms with E-state index in [1.165, 1.54) is 31.0 Å². The molecule has 22 heavy (non-hydrogen) atoms. The zero-order valence-electron chi connectivity index (χ0n) is 13.8. The summed E-state index contributed by atoms with van der Waals surface area (Å²) in [4.78, 5) is 20.3. The molecule has 1 heterocycles. The van der Waals surface area contributed by atoms with Gasteiger partial charge in [-0.05, 0) is 43.1 Å². The van der Waals surface area contributed by atoms with E-state index >= 15 is 0 Å².